The standard InChI is InChI=1S/C24H25FN6O4S/c25-16-7-27-17-1-2-21(34)31-15(11-35-23(16)22(17)31)9-30-8-14(19(32)10-30)6-26-4-13-3-18-24(28-5-13)36-12-20(33)29-18/h1-3,5,7,14-15,19,26,32H,4,6,8-12H2,(H,29,33)/t14-,15+,19+/m0/s1. The molecule has 3 aromatic heterocycles. The van der Waals surface area contributed by atoms with Gasteiger partial charge in [0.1, 0.15) is 17.1 Å². The van der Waals surface area contributed by atoms with Crippen molar-refractivity contribution in [2.24, 2.45) is 5.92 Å². The van der Waals surface area contributed by atoms with E-state index in [4.69, 9.17) is 4.74 Å². The SMILES string of the molecule is O=C1CSc2ncc(CNC[C@H]3CN(C[C@@H]4COc5c(F)cnc6ccc(=O)n4c56)C[C@H]3O)cc2N1. The van der Waals surface area contributed by atoms with Gasteiger partial charge in [0.15, 0.2) is 11.6 Å². The predicted molar refractivity (Wildman–Crippen MR) is 132 cm³/mol. The predicted octanol–water partition coefficient (Wildman–Crippen LogP) is 0.991. The number of pyridine rings is 3. The van der Waals surface area contributed by atoms with Crippen LogP contribution in [0, 0.1) is 11.7 Å². The third-order valence-electron chi connectivity index (χ3n) is 6.85. The van der Waals surface area contributed by atoms with Crippen molar-refractivity contribution in [3.8, 4) is 5.75 Å². The smallest absolute Gasteiger partial charge is 0.251 e. The van der Waals surface area contributed by atoms with E-state index in [0.717, 1.165) is 22.5 Å². The Labute approximate surface area is 209 Å². The number of nitrogens with zero attached hydrogens (tertiary/aromatic N) is 4. The molecule has 0 spiro atoms. The fourth-order valence-corrected chi connectivity index (χ4v) is 5.90. The molecular weight excluding hydrogens is 487 g/mol. The minimum Gasteiger partial charge on any atom is -0.486 e. The number of carbonyl (C=O) groups excluding carboxylic acids is 1. The van der Waals surface area contributed by atoms with Crippen LogP contribution in [0.25, 0.3) is 11.0 Å². The number of aliphatic hydroxyl groups excluding tert-OH is 1. The quantitative estimate of drug-likeness (QED) is 0.444. The van der Waals surface area contributed by atoms with Crippen LogP contribution in [0.15, 0.2) is 40.4 Å². The normalized spacial score (nSPS) is 23.4. The third kappa shape index (κ3) is 4.34. The molecule has 0 saturated carbocycles. The number of aromatic nitrogens is 3. The zero-order chi connectivity index (χ0) is 24.8. The lowest BCUT2D eigenvalue weighted by atomic mass is 10.1. The molecule has 6 rings (SSSR count). The van der Waals surface area contributed by atoms with Crippen LogP contribution in [0.1, 0.15) is 11.6 Å². The van der Waals surface area contributed by atoms with Crippen LogP contribution in [0.5, 0.6) is 5.75 Å². The highest BCUT2D eigenvalue weighted by molar-refractivity contribution is 8.00. The van der Waals surface area contributed by atoms with Crippen LogP contribution in [-0.2, 0) is 11.3 Å². The number of nitrogens with one attached hydrogen (secondary N) is 2. The highest BCUT2D eigenvalue weighted by Crippen LogP contribution is 2.33. The van der Waals surface area contributed by atoms with E-state index in [1.807, 2.05) is 6.07 Å². The third-order valence-corrected chi connectivity index (χ3v) is 7.85. The Hall–Kier alpha value is -3.06. The number of amides is 1. The number of hydrogen-bond donors (Lipinski definition) is 3. The number of fused-ring (bicyclic) bond motifs is 1. The first-order valence-electron chi connectivity index (χ1n) is 11.8. The van der Waals surface area contributed by atoms with E-state index in [2.05, 4.69) is 25.5 Å². The van der Waals surface area contributed by atoms with Gasteiger partial charge in [0.2, 0.25) is 5.91 Å². The lowest BCUT2D eigenvalue weighted by Crippen LogP contribution is -2.40. The minimum absolute atomic E-state index is 0.00858. The highest BCUT2D eigenvalue weighted by atomic mass is 32.2. The molecule has 0 radical (unpaired) electrons. The number of halogens is 1. The molecule has 0 aromatic carbocycles. The topological polar surface area (TPSA) is 122 Å². The number of hydrogen-bond acceptors (Lipinski definition) is 9. The monoisotopic (exact) mass is 512 g/mol. The molecule has 1 saturated heterocycles. The number of rotatable bonds is 6. The van der Waals surface area contributed by atoms with Gasteiger partial charge in [0.05, 0.1) is 35.3 Å². The molecule has 3 aliphatic rings. The van der Waals surface area contributed by atoms with Gasteiger partial charge < -0.3 is 20.5 Å². The van der Waals surface area contributed by atoms with Crippen LogP contribution in [0.4, 0.5) is 10.1 Å². The first-order valence-corrected chi connectivity index (χ1v) is 12.8. The van der Waals surface area contributed by atoms with E-state index in [1.54, 1.807) is 16.8 Å². The Morgan fingerprint density at radius 3 is 3.03 bits per heavy atom. The fraction of sp³-hybridized carbons (Fsp3) is 0.417. The molecule has 1 amide bonds. The van der Waals surface area contributed by atoms with Crippen LogP contribution >= 0.6 is 11.8 Å². The Bertz CT molecular complexity index is 1400. The molecule has 0 unspecified atom stereocenters. The number of anilines is 1. The second kappa shape index (κ2) is 9.43. The number of aliphatic hydroxyl groups is 1. The van der Waals surface area contributed by atoms with Crippen LogP contribution in [-0.4, -0.2) is 75.1 Å². The molecule has 36 heavy (non-hydrogen) atoms. The van der Waals surface area contributed by atoms with Gasteiger partial charge >= 0.3 is 0 Å². The lowest BCUT2D eigenvalue weighted by Gasteiger charge is -2.30. The van der Waals surface area contributed by atoms with E-state index in [9.17, 15) is 19.1 Å². The van der Waals surface area contributed by atoms with Gasteiger partial charge in [-0.3, -0.25) is 24.0 Å². The summed E-state index contributed by atoms with van der Waals surface area (Å²) < 4.78 is 21.5. The van der Waals surface area contributed by atoms with E-state index in [-0.39, 0.29) is 35.8 Å². The molecule has 1 fully saturated rings. The second-order valence-electron chi connectivity index (χ2n) is 9.39. The van der Waals surface area contributed by atoms with Crippen LogP contribution in [0.3, 0.4) is 0 Å². The summed E-state index contributed by atoms with van der Waals surface area (Å²) in [5, 5.41) is 17.7. The Morgan fingerprint density at radius 2 is 2.14 bits per heavy atom. The zero-order valence-corrected chi connectivity index (χ0v) is 20.1. The summed E-state index contributed by atoms with van der Waals surface area (Å²) in [6.07, 6.45) is 2.39. The summed E-state index contributed by atoms with van der Waals surface area (Å²) >= 11 is 1.43. The maximum absolute atomic E-state index is 14.3. The Morgan fingerprint density at radius 1 is 1.25 bits per heavy atom. The summed E-state index contributed by atoms with van der Waals surface area (Å²) in [6.45, 7) is 2.96. The number of β-amino-alcohol motifs (C(OH)–C–C–N with tert-alkyl or cyclic N) is 1. The molecule has 3 atom stereocenters. The average Bonchev–Trinajstić information content (AvgIpc) is 3.21. The Balaban J connectivity index is 1.09. The maximum atomic E-state index is 14.3. The number of carbonyl (C=O) groups is 1. The summed E-state index contributed by atoms with van der Waals surface area (Å²) in [5.41, 5.74) is 2.35. The zero-order valence-electron chi connectivity index (χ0n) is 19.3. The maximum Gasteiger partial charge on any atom is 0.251 e. The first-order chi connectivity index (χ1) is 17.5. The fourth-order valence-electron chi connectivity index (χ4n) is 5.17. The minimum atomic E-state index is -0.585. The number of ether oxygens (including phenoxy) is 1. The van der Waals surface area contributed by atoms with Crippen molar-refractivity contribution >= 4 is 34.4 Å². The average molecular weight is 513 g/mol. The lowest BCUT2D eigenvalue weighted by molar-refractivity contribution is -0.113. The van der Waals surface area contributed by atoms with Crippen molar-refractivity contribution in [1.29, 1.82) is 0 Å². The summed E-state index contributed by atoms with van der Waals surface area (Å²) in [5.74, 6) is -0.162. The number of thioether (sulfide) groups is 1. The van der Waals surface area contributed by atoms with E-state index in [0.29, 0.717) is 49.5 Å². The van der Waals surface area contributed by atoms with Crippen LogP contribution < -0.4 is 20.9 Å². The molecule has 188 valence electrons. The van der Waals surface area contributed by atoms with Gasteiger partial charge in [-0.05, 0) is 17.7 Å². The molecule has 0 bridgehead atoms. The summed E-state index contributed by atoms with van der Waals surface area (Å²) in [4.78, 5) is 35.0. The number of likely N-dealkylation sites (tertiary alicyclic amines) is 1. The molecular formula is C24H25FN6O4S. The van der Waals surface area contributed by atoms with E-state index < -0.39 is 11.9 Å². The van der Waals surface area contributed by atoms with Gasteiger partial charge in [-0.2, -0.15) is 0 Å². The van der Waals surface area contributed by atoms with Gasteiger partial charge in [0.25, 0.3) is 5.56 Å². The van der Waals surface area contributed by atoms with Crippen molar-refractivity contribution in [1.82, 2.24) is 24.8 Å². The molecule has 12 heteroatoms. The van der Waals surface area contributed by atoms with Gasteiger partial charge in [-0.1, -0.05) is 11.8 Å². The molecule has 10 nitrogen and oxygen atoms in total. The molecule has 3 N–H and O–H groups in total. The van der Waals surface area contributed by atoms with Crippen molar-refractivity contribution in [2.75, 3.05) is 43.9 Å². The van der Waals surface area contributed by atoms with Crippen molar-refractivity contribution in [3.63, 3.8) is 0 Å². The second-order valence-corrected chi connectivity index (χ2v) is 10.3. The van der Waals surface area contributed by atoms with E-state index >= 15 is 0 Å². The van der Waals surface area contributed by atoms with Crippen molar-refractivity contribution in [3.05, 3.63) is 52.3 Å². The van der Waals surface area contributed by atoms with Crippen LogP contribution in [0.2, 0.25) is 0 Å². The van der Waals surface area contributed by atoms with Crippen molar-refractivity contribution in [2.45, 2.75) is 23.7 Å². The molecule has 3 aliphatic heterocycles. The summed E-state index contributed by atoms with van der Waals surface area (Å²) in [7, 11) is 0. The van der Waals surface area contributed by atoms with Gasteiger partial charge in [-0.15, -0.1) is 0 Å². The molecule has 0 aliphatic carbocycles. The highest BCUT2D eigenvalue weighted by Gasteiger charge is 2.34. The summed E-state index contributed by atoms with van der Waals surface area (Å²) in [6, 6.07) is 4.63. The largest absolute Gasteiger partial charge is 0.486 e. The first kappa shape index (κ1) is 23.3. The van der Waals surface area contributed by atoms with Crippen molar-refractivity contribution < 1.29 is 19.0 Å². The Kier molecular flexibility index (Phi) is 6.12. The molecule has 6 heterocycles. The van der Waals surface area contributed by atoms with Gasteiger partial charge in [-0.25, -0.2) is 9.37 Å². The molecule has 3 aromatic rings. The van der Waals surface area contributed by atoms with Gasteiger partial charge in [0, 0.05) is 50.9 Å². The van der Waals surface area contributed by atoms with E-state index in [1.165, 1.54) is 17.8 Å².